The SMILES string of the molecule is CSc1nc(C)cc(Nc2ccc(O)cc2)n1. The zero-order valence-corrected chi connectivity index (χ0v) is 10.5. The molecule has 4 nitrogen and oxygen atoms in total. The normalized spacial score (nSPS) is 10.2. The molecule has 0 bridgehead atoms. The van der Waals surface area contributed by atoms with Crippen LogP contribution >= 0.6 is 11.8 Å². The Bertz CT molecular complexity index is 514. The fourth-order valence-electron chi connectivity index (χ4n) is 1.39. The van der Waals surface area contributed by atoms with Crippen LogP contribution in [0.3, 0.4) is 0 Å². The molecule has 1 heterocycles. The lowest BCUT2D eigenvalue weighted by molar-refractivity contribution is 0.475. The van der Waals surface area contributed by atoms with E-state index in [-0.39, 0.29) is 5.75 Å². The van der Waals surface area contributed by atoms with Crippen molar-refractivity contribution in [3.8, 4) is 5.75 Å². The Balaban J connectivity index is 2.23. The van der Waals surface area contributed by atoms with Crippen LogP contribution < -0.4 is 5.32 Å². The Morgan fingerprint density at radius 2 is 1.88 bits per heavy atom. The number of benzene rings is 1. The summed E-state index contributed by atoms with van der Waals surface area (Å²) in [6.07, 6.45) is 1.94. The van der Waals surface area contributed by atoms with Gasteiger partial charge >= 0.3 is 0 Å². The number of nitrogens with zero attached hydrogens (tertiary/aromatic N) is 2. The quantitative estimate of drug-likeness (QED) is 0.496. The molecule has 0 aliphatic rings. The highest BCUT2D eigenvalue weighted by molar-refractivity contribution is 7.98. The maximum atomic E-state index is 9.19. The maximum Gasteiger partial charge on any atom is 0.189 e. The van der Waals surface area contributed by atoms with Gasteiger partial charge in [-0.2, -0.15) is 0 Å². The summed E-state index contributed by atoms with van der Waals surface area (Å²) in [7, 11) is 0. The number of anilines is 2. The standard InChI is InChI=1S/C12H13N3OS/c1-8-7-11(15-12(13-8)17-2)14-9-3-5-10(16)6-4-9/h3-7,16H,1-2H3,(H,13,14,15). The molecule has 2 N–H and O–H groups in total. The van der Waals surface area contributed by atoms with Crippen molar-refractivity contribution < 1.29 is 5.11 Å². The molecule has 88 valence electrons. The van der Waals surface area contributed by atoms with E-state index in [0.29, 0.717) is 0 Å². The second kappa shape index (κ2) is 5.05. The molecule has 1 aromatic carbocycles. The number of aryl methyl sites for hydroxylation is 1. The van der Waals surface area contributed by atoms with Gasteiger partial charge in [0.2, 0.25) is 0 Å². The van der Waals surface area contributed by atoms with Crippen LogP contribution in [0.5, 0.6) is 5.75 Å². The fourth-order valence-corrected chi connectivity index (χ4v) is 1.81. The van der Waals surface area contributed by atoms with Crippen molar-refractivity contribution in [1.29, 1.82) is 0 Å². The van der Waals surface area contributed by atoms with Crippen molar-refractivity contribution in [2.45, 2.75) is 12.1 Å². The van der Waals surface area contributed by atoms with Crippen LogP contribution in [0.2, 0.25) is 0 Å². The largest absolute Gasteiger partial charge is 0.508 e. The minimum absolute atomic E-state index is 0.249. The van der Waals surface area contributed by atoms with E-state index in [1.165, 1.54) is 11.8 Å². The number of phenolic OH excluding ortho intramolecular Hbond substituents is 1. The third-order valence-electron chi connectivity index (χ3n) is 2.16. The van der Waals surface area contributed by atoms with Gasteiger partial charge in [0.25, 0.3) is 0 Å². The number of nitrogens with one attached hydrogen (secondary N) is 1. The summed E-state index contributed by atoms with van der Waals surface area (Å²) < 4.78 is 0. The maximum absolute atomic E-state index is 9.19. The van der Waals surface area contributed by atoms with Crippen LogP contribution in [-0.4, -0.2) is 21.3 Å². The van der Waals surface area contributed by atoms with E-state index in [4.69, 9.17) is 0 Å². The molecular weight excluding hydrogens is 234 g/mol. The minimum Gasteiger partial charge on any atom is -0.508 e. The molecule has 0 amide bonds. The first-order valence-electron chi connectivity index (χ1n) is 5.13. The van der Waals surface area contributed by atoms with Gasteiger partial charge in [-0.1, -0.05) is 11.8 Å². The predicted octanol–water partition coefficient (Wildman–Crippen LogP) is 2.96. The molecule has 0 aliphatic heterocycles. The molecule has 2 rings (SSSR count). The van der Waals surface area contributed by atoms with Gasteiger partial charge in [-0.15, -0.1) is 0 Å². The predicted molar refractivity (Wildman–Crippen MR) is 69.9 cm³/mol. The Kier molecular flexibility index (Phi) is 3.49. The number of hydrogen-bond donors (Lipinski definition) is 2. The monoisotopic (exact) mass is 247 g/mol. The summed E-state index contributed by atoms with van der Waals surface area (Å²) in [6, 6.07) is 8.74. The van der Waals surface area contributed by atoms with Gasteiger partial charge in [-0.05, 0) is 37.4 Å². The number of thioether (sulfide) groups is 1. The molecule has 0 saturated heterocycles. The summed E-state index contributed by atoms with van der Waals surface area (Å²) in [5, 5.41) is 13.1. The van der Waals surface area contributed by atoms with E-state index in [1.54, 1.807) is 24.3 Å². The summed E-state index contributed by atoms with van der Waals surface area (Å²) in [5.74, 6) is 1.01. The van der Waals surface area contributed by atoms with Crippen LogP contribution in [0.4, 0.5) is 11.5 Å². The molecule has 0 aliphatic carbocycles. The lowest BCUT2D eigenvalue weighted by Crippen LogP contribution is -1.97. The van der Waals surface area contributed by atoms with Crippen molar-refractivity contribution in [3.63, 3.8) is 0 Å². The van der Waals surface area contributed by atoms with Crippen LogP contribution in [0, 0.1) is 6.92 Å². The van der Waals surface area contributed by atoms with Gasteiger partial charge < -0.3 is 10.4 Å². The number of aromatic hydroxyl groups is 1. The molecule has 1 aromatic heterocycles. The molecule has 0 unspecified atom stereocenters. The lowest BCUT2D eigenvalue weighted by Gasteiger charge is -2.07. The second-order valence-corrected chi connectivity index (χ2v) is 4.33. The number of aromatic nitrogens is 2. The van der Waals surface area contributed by atoms with Crippen molar-refractivity contribution in [1.82, 2.24) is 9.97 Å². The van der Waals surface area contributed by atoms with Gasteiger partial charge in [-0.25, -0.2) is 9.97 Å². The van der Waals surface area contributed by atoms with Crippen LogP contribution in [0.1, 0.15) is 5.69 Å². The third kappa shape index (κ3) is 3.10. The highest BCUT2D eigenvalue weighted by Gasteiger charge is 2.01. The van der Waals surface area contributed by atoms with Gasteiger partial charge in [0.05, 0.1) is 0 Å². The molecule has 0 fully saturated rings. The minimum atomic E-state index is 0.249. The smallest absolute Gasteiger partial charge is 0.189 e. The Hall–Kier alpha value is -1.75. The van der Waals surface area contributed by atoms with Crippen LogP contribution in [0.25, 0.3) is 0 Å². The van der Waals surface area contributed by atoms with E-state index >= 15 is 0 Å². The molecule has 0 saturated carbocycles. The highest BCUT2D eigenvalue weighted by atomic mass is 32.2. The van der Waals surface area contributed by atoms with E-state index in [1.807, 2.05) is 19.2 Å². The van der Waals surface area contributed by atoms with Crippen molar-refractivity contribution >= 4 is 23.3 Å². The lowest BCUT2D eigenvalue weighted by atomic mass is 10.3. The molecular formula is C12H13N3OS. The molecule has 5 heteroatoms. The number of hydrogen-bond acceptors (Lipinski definition) is 5. The number of rotatable bonds is 3. The van der Waals surface area contributed by atoms with Gasteiger partial charge in [-0.3, -0.25) is 0 Å². The van der Waals surface area contributed by atoms with Crippen LogP contribution in [-0.2, 0) is 0 Å². The fraction of sp³-hybridized carbons (Fsp3) is 0.167. The van der Waals surface area contributed by atoms with Crippen molar-refractivity contribution in [2.24, 2.45) is 0 Å². The van der Waals surface area contributed by atoms with Crippen LogP contribution in [0.15, 0.2) is 35.5 Å². The van der Waals surface area contributed by atoms with Gasteiger partial charge in [0.15, 0.2) is 5.16 Å². The van der Waals surface area contributed by atoms with E-state index in [2.05, 4.69) is 15.3 Å². The first-order chi connectivity index (χ1) is 8.17. The molecule has 17 heavy (non-hydrogen) atoms. The van der Waals surface area contributed by atoms with Crippen molar-refractivity contribution in [2.75, 3.05) is 11.6 Å². The summed E-state index contributed by atoms with van der Waals surface area (Å²) in [5.41, 5.74) is 1.80. The van der Waals surface area contributed by atoms with Gasteiger partial charge in [0, 0.05) is 17.4 Å². The summed E-state index contributed by atoms with van der Waals surface area (Å²) in [4.78, 5) is 8.63. The summed E-state index contributed by atoms with van der Waals surface area (Å²) in [6.45, 7) is 1.93. The third-order valence-corrected chi connectivity index (χ3v) is 2.70. The number of phenols is 1. The highest BCUT2D eigenvalue weighted by Crippen LogP contribution is 2.20. The molecule has 0 radical (unpaired) electrons. The Morgan fingerprint density at radius 3 is 2.53 bits per heavy atom. The van der Waals surface area contributed by atoms with Gasteiger partial charge in [0.1, 0.15) is 11.6 Å². The van der Waals surface area contributed by atoms with E-state index in [9.17, 15) is 5.11 Å². The van der Waals surface area contributed by atoms with Crippen molar-refractivity contribution in [3.05, 3.63) is 36.0 Å². The average molecular weight is 247 g/mol. The van der Waals surface area contributed by atoms with E-state index < -0.39 is 0 Å². The zero-order chi connectivity index (χ0) is 12.3. The molecule has 0 atom stereocenters. The summed E-state index contributed by atoms with van der Waals surface area (Å²) >= 11 is 1.51. The molecule has 2 aromatic rings. The topological polar surface area (TPSA) is 58.0 Å². The van der Waals surface area contributed by atoms with E-state index in [0.717, 1.165) is 22.4 Å². The Labute approximate surface area is 104 Å². The average Bonchev–Trinajstić information content (AvgIpc) is 2.31. The second-order valence-electron chi connectivity index (χ2n) is 3.55. The first kappa shape index (κ1) is 11.7. The molecule has 0 spiro atoms. The first-order valence-corrected chi connectivity index (χ1v) is 6.35. The Morgan fingerprint density at radius 1 is 1.18 bits per heavy atom. The zero-order valence-electron chi connectivity index (χ0n) is 9.64.